The Labute approximate surface area is 571 Å². The van der Waals surface area contributed by atoms with Crippen LogP contribution in [0.5, 0.6) is 0 Å². The molecule has 2 aliphatic heterocycles. The zero-order valence-corrected chi connectivity index (χ0v) is 58.7. The molecular formula is C81H120O14. The van der Waals surface area contributed by atoms with Crippen molar-refractivity contribution in [3.05, 3.63) is 156 Å². The normalized spacial score (nSPS) is 21.6. The molecule has 0 amide bonds. The monoisotopic (exact) mass is 1320 g/mol. The van der Waals surface area contributed by atoms with Gasteiger partial charge in [-0.25, -0.2) is 0 Å². The molecule has 0 radical (unpaired) electrons. The van der Waals surface area contributed by atoms with Gasteiger partial charge in [0.15, 0.2) is 24.8 Å². The summed E-state index contributed by atoms with van der Waals surface area (Å²) in [6.45, 7) is 8.87. The van der Waals surface area contributed by atoms with Crippen LogP contribution in [0.1, 0.15) is 249 Å². The predicted molar refractivity (Wildman–Crippen MR) is 375 cm³/mol. The molecule has 2 saturated heterocycles. The number of carbonyl (C=O) groups excluding carboxylic acids is 3. The van der Waals surface area contributed by atoms with E-state index in [0.717, 1.165) is 60.8 Å². The van der Waals surface area contributed by atoms with Crippen molar-refractivity contribution in [2.45, 2.75) is 321 Å². The van der Waals surface area contributed by atoms with E-state index in [1.165, 1.54) is 168 Å². The highest BCUT2D eigenvalue weighted by Gasteiger charge is 2.56. The molecule has 2 fully saturated rings. The molecule has 11 atom stereocenters. The quantitative estimate of drug-likeness (QED) is 0.0178. The Balaban J connectivity index is 1.28. The molecule has 2 heterocycles. The lowest BCUT2D eigenvalue weighted by atomic mass is 9.95. The molecule has 4 aromatic carbocycles. The lowest BCUT2D eigenvalue weighted by molar-refractivity contribution is -0.373. The molecule has 0 unspecified atom stereocenters. The van der Waals surface area contributed by atoms with E-state index < -0.39 is 79.3 Å². The van der Waals surface area contributed by atoms with Gasteiger partial charge in [-0.3, -0.25) is 14.4 Å². The second-order valence-electron chi connectivity index (χ2n) is 26.3. The third-order valence-electron chi connectivity index (χ3n) is 18.0. The van der Waals surface area contributed by atoms with Gasteiger partial charge in [-0.15, -0.1) is 0 Å². The standard InChI is InChI=1S/C81H120O14/c1-6-8-10-12-14-16-18-20-22-24-26-28-30-32-46-56-71(57-47-33-31-29-27-25-23-21-19-17-15-13-11-9-7-2)92-81-79(91-66(5)84)77(90-65(4)83)75(72(93-81)62-85-58-67-48-38-34-39-49-67)95-80-78(89-61-70-54-44-37-45-55-70)76(88-60-69-52-42-36-43-53-69)74(73(94-80)63-86-64(3)82)87-59-68-50-40-35-41-51-68/h32,34-46,48-55,71-81H,6-31,33,47,56-63H2,1-5H3/b46-32+/t71-,72+,73+,74+,75-,76-,77-,78+,79+,80+,81+/m0/s1. The second-order valence-corrected chi connectivity index (χ2v) is 26.3. The summed E-state index contributed by atoms with van der Waals surface area (Å²) in [7, 11) is 0. The van der Waals surface area contributed by atoms with Crippen LogP contribution in [0.25, 0.3) is 0 Å². The summed E-state index contributed by atoms with van der Waals surface area (Å²) in [5.41, 5.74) is 3.60. The van der Waals surface area contributed by atoms with Crippen molar-refractivity contribution in [1.82, 2.24) is 0 Å². The largest absolute Gasteiger partial charge is 0.463 e. The molecule has 528 valence electrons. The number of hydrogen-bond donors (Lipinski definition) is 0. The van der Waals surface area contributed by atoms with E-state index >= 15 is 0 Å². The van der Waals surface area contributed by atoms with Gasteiger partial charge in [0.2, 0.25) is 0 Å². The maximum absolute atomic E-state index is 13.7. The van der Waals surface area contributed by atoms with Gasteiger partial charge in [0.1, 0.15) is 43.2 Å². The number of unbranched alkanes of at least 4 members (excludes halogenated alkanes) is 26. The van der Waals surface area contributed by atoms with Crippen molar-refractivity contribution in [1.29, 1.82) is 0 Å². The van der Waals surface area contributed by atoms with Crippen LogP contribution >= 0.6 is 0 Å². The first-order chi connectivity index (χ1) is 46.6. The van der Waals surface area contributed by atoms with Gasteiger partial charge in [-0.1, -0.05) is 314 Å². The van der Waals surface area contributed by atoms with Crippen LogP contribution in [-0.2, 0) is 92.9 Å². The Kier molecular flexibility index (Phi) is 40.8. The van der Waals surface area contributed by atoms with Crippen LogP contribution in [0.3, 0.4) is 0 Å². The first-order valence-corrected chi connectivity index (χ1v) is 36.9. The Morgan fingerprint density at radius 3 is 1.23 bits per heavy atom. The van der Waals surface area contributed by atoms with E-state index in [-0.39, 0.29) is 45.7 Å². The first kappa shape index (κ1) is 78.7. The molecule has 14 heteroatoms. The number of esters is 3. The molecule has 0 aromatic heterocycles. The van der Waals surface area contributed by atoms with E-state index in [1.807, 2.05) is 121 Å². The van der Waals surface area contributed by atoms with E-state index in [9.17, 15) is 14.4 Å². The van der Waals surface area contributed by atoms with E-state index in [4.69, 9.17) is 52.1 Å². The molecule has 0 bridgehead atoms. The third-order valence-corrected chi connectivity index (χ3v) is 18.0. The zero-order valence-electron chi connectivity index (χ0n) is 58.7. The number of ether oxygens (including phenoxy) is 11. The maximum atomic E-state index is 13.7. The highest BCUT2D eigenvalue weighted by atomic mass is 16.8. The molecule has 0 spiro atoms. The fourth-order valence-corrected chi connectivity index (χ4v) is 12.8. The minimum Gasteiger partial charge on any atom is -0.463 e. The fourth-order valence-electron chi connectivity index (χ4n) is 12.8. The molecule has 0 aliphatic carbocycles. The van der Waals surface area contributed by atoms with Gasteiger partial charge in [-0.05, 0) is 47.9 Å². The number of rotatable bonds is 52. The number of allylic oxidation sites excluding steroid dienone is 1. The average Bonchev–Trinajstić information content (AvgIpc) is 0.779. The van der Waals surface area contributed by atoms with Gasteiger partial charge in [0.25, 0.3) is 0 Å². The Bertz CT molecular complexity index is 2590. The van der Waals surface area contributed by atoms with E-state index in [1.54, 1.807) is 0 Å². The third kappa shape index (κ3) is 32.7. The molecule has 95 heavy (non-hydrogen) atoms. The minimum absolute atomic E-state index is 0.0669. The predicted octanol–water partition coefficient (Wildman–Crippen LogP) is 18.9. The maximum Gasteiger partial charge on any atom is 0.303 e. The van der Waals surface area contributed by atoms with Crippen LogP contribution in [0.2, 0.25) is 0 Å². The summed E-state index contributed by atoms with van der Waals surface area (Å²) >= 11 is 0. The van der Waals surface area contributed by atoms with Crippen LogP contribution in [-0.4, -0.2) is 98.6 Å². The van der Waals surface area contributed by atoms with Crippen LogP contribution in [0, 0.1) is 0 Å². The average molecular weight is 1320 g/mol. The van der Waals surface area contributed by atoms with Gasteiger partial charge in [0.05, 0.1) is 39.1 Å². The molecule has 6 rings (SSSR count). The highest BCUT2D eigenvalue weighted by Crippen LogP contribution is 2.37. The van der Waals surface area contributed by atoms with E-state index in [2.05, 4.69) is 26.0 Å². The zero-order chi connectivity index (χ0) is 67.2. The van der Waals surface area contributed by atoms with Gasteiger partial charge >= 0.3 is 17.9 Å². The summed E-state index contributed by atoms with van der Waals surface area (Å²) < 4.78 is 74.3. The number of carbonyl (C=O) groups is 3. The van der Waals surface area contributed by atoms with Crippen molar-refractivity contribution in [2.24, 2.45) is 0 Å². The fraction of sp³-hybridized carbons (Fsp3) is 0.642. The van der Waals surface area contributed by atoms with Crippen molar-refractivity contribution >= 4 is 17.9 Å². The summed E-state index contributed by atoms with van der Waals surface area (Å²) in [5.74, 6) is -1.80. The van der Waals surface area contributed by atoms with Crippen molar-refractivity contribution < 1.29 is 66.5 Å². The van der Waals surface area contributed by atoms with E-state index in [0.29, 0.717) is 6.42 Å². The summed E-state index contributed by atoms with van der Waals surface area (Å²) in [5, 5.41) is 0. The van der Waals surface area contributed by atoms with Gasteiger partial charge < -0.3 is 52.1 Å². The Morgan fingerprint density at radius 1 is 0.389 bits per heavy atom. The van der Waals surface area contributed by atoms with Crippen LogP contribution < -0.4 is 0 Å². The molecule has 0 N–H and O–H groups in total. The van der Waals surface area contributed by atoms with Crippen LogP contribution in [0.4, 0.5) is 0 Å². The summed E-state index contributed by atoms with van der Waals surface area (Å²) in [6, 6.07) is 39.1. The minimum atomic E-state index is -1.34. The van der Waals surface area contributed by atoms with Crippen molar-refractivity contribution in [2.75, 3.05) is 13.2 Å². The molecule has 4 aromatic rings. The second kappa shape index (κ2) is 49.3. The molecule has 2 aliphatic rings. The van der Waals surface area contributed by atoms with Crippen LogP contribution in [0.15, 0.2) is 133 Å². The topological polar surface area (TPSA) is 153 Å². The van der Waals surface area contributed by atoms with Crippen molar-refractivity contribution in [3.63, 3.8) is 0 Å². The van der Waals surface area contributed by atoms with Crippen molar-refractivity contribution in [3.8, 4) is 0 Å². The number of hydrogen-bond acceptors (Lipinski definition) is 14. The molecule has 14 nitrogen and oxygen atoms in total. The highest BCUT2D eigenvalue weighted by molar-refractivity contribution is 5.67. The lowest BCUT2D eigenvalue weighted by Crippen LogP contribution is -2.67. The SMILES string of the molecule is CCCCCCCCCCCCCC/C=C/C[C@@H](CCCCCCCCCCCCCCCCC)O[C@@H]1O[C@H](COCc2ccccc2)[C@H](O[C@H]2O[C@H](COC(C)=O)[C@@H](OCc3ccccc3)[C@H](OCc3ccccc3)[C@H]2OCc2ccccc2)[C@H](OC(C)=O)[C@H]1OC(C)=O. The smallest absolute Gasteiger partial charge is 0.303 e. The Morgan fingerprint density at radius 2 is 0.779 bits per heavy atom. The van der Waals surface area contributed by atoms with Gasteiger partial charge in [0, 0.05) is 20.8 Å². The summed E-state index contributed by atoms with van der Waals surface area (Å²) in [6.07, 6.45) is 29.7. The number of benzene rings is 4. The van der Waals surface area contributed by atoms with Gasteiger partial charge in [-0.2, -0.15) is 0 Å². The molecular weight excluding hydrogens is 1200 g/mol. The first-order valence-electron chi connectivity index (χ1n) is 36.9. The Hall–Kier alpha value is -5.29. The molecule has 0 saturated carbocycles. The lowest BCUT2D eigenvalue weighted by Gasteiger charge is -2.50. The summed E-state index contributed by atoms with van der Waals surface area (Å²) in [4.78, 5) is 40.0.